The van der Waals surface area contributed by atoms with Crippen LogP contribution in [0.5, 0.6) is 11.5 Å². The number of halogens is 2. The summed E-state index contributed by atoms with van der Waals surface area (Å²) in [7, 11) is 0. The van der Waals surface area contributed by atoms with Gasteiger partial charge in [0.05, 0.1) is 24.6 Å². The molecule has 3 aromatic carbocycles. The minimum atomic E-state index is 0.592. The fourth-order valence-corrected chi connectivity index (χ4v) is 5.93. The molecule has 0 bridgehead atoms. The van der Waals surface area contributed by atoms with Crippen LogP contribution in [-0.2, 0) is 0 Å². The van der Waals surface area contributed by atoms with Gasteiger partial charge < -0.3 is 9.47 Å². The van der Waals surface area contributed by atoms with E-state index < -0.39 is 0 Å². The highest BCUT2D eigenvalue weighted by atomic mass is 79.9. The van der Waals surface area contributed by atoms with E-state index in [1.165, 1.54) is 38.5 Å². The van der Waals surface area contributed by atoms with Crippen LogP contribution in [0.15, 0.2) is 69.6 Å². The van der Waals surface area contributed by atoms with E-state index in [-0.39, 0.29) is 0 Å². The van der Waals surface area contributed by atoms with Crippen LogP contribution in [0, 0.1) is 11.8 Å². The van der Waals surface area contributed by atoms with Crippen molar-refractivity contribution in [2.45, 2.75) is 79.1 Å². The van der Waals surface area contributed by atoms with Crippen LogP contribution in [0.2, 0.25) is 0 Å². The van der Waals surface area contributed by atoms with Gasteiger partial charge in [0.25, 0.3) is 0 Å². The number of aromatic nitrogens is 2. The molecule has 2 unspecified atom stereocenters. The van der Waals surface area contributed by atoms with Gasteiger partial charge in [0.2, 0.25) is 0 Å². The first kappa shape index (κ1) is 32.5. The number of rotatable bonds is 16. The molecular weight excluding hydrogens is 652 g/mol. The molecule has 0 radical (unpaired) electrons. The zero-order chi connectivity index (χ0) is 29.9. The van der Waals surface area contributed by atoms with Gasteiger partial charge in [-0.3, -0.25) is 0 Å². The Morgan fingerprint density at radius 2 is 0.952 bits per heavy atom. The van der Waals surface area contributed by atoms with E-state index in [0.29, 0.717) is 11.8 Å². The van der Waals surface area contributed by atoms with E-state index >= 15 is 0 Å². The van der Waals surface area contributed by atoms with Crippen molar-refractivity contribution in [2.24, 2.45) is 11.8 Å². The molecule has 42 heavy (non-hydrogen) atoms. The molecule has 4 nitrogen and oxygen atoms in total. The standard InChI is InChI=1S/C36H44Br2N2O2/c1-5-9-11-25(7-3)23-41-29-17-13-27(14-18-29)33-34(40-36-32(38)22-21-31(37)35(36)39-33)28-15-19-30(20-16-28)42-24-26(8-4)12-10-6-2/h13-22,25-26H,5-12,23-24H2,1-4H3. The monoisotopic (exact) mass is 694 g/mol. The van der Waals surface area contributed by atoms with E-state index in [2.05, 4.69) is 83.8 Å². The Morgan fingerprint density at radius 3 is 1.29 bits per heavy atom. The van der Waals surface area contributed by atoms with Crippen molar-refractivity contribution in [2.75, 3.05) is 13.2 Å². The maximum atomic E-state index is 6.19. The third-order valence-corrected chi connectivity index (χ3v) is 9.32. The van der Waals surface area contributed by atoms with Crippen LogP contribution in [-0.4, -0.2) is 23.2 Å². The molecular formula is C36H44Br2N2O2. The number of hydrogen-bond acceptors (Lipinski definition) is 4. The summed E-state index contributed by atoms with van der Waals surface area (Å²) >= 11 is 7.38. The minimum absolute atomic E-state index is 0.592. The molecule has 6 heteroatoms. The SMILES string of the molecule is CCCCC(CC)COc1ccc(-c2nc3c(Br)ccc(Br)c3nc2-c2ccc(OCC(CC)CCCC)cc2)cc1. The topological polar surface area (TPSA) is 44.2 Å². The summed E-state index contributed by atoms with van der Waals surface area (Å²) < 4.78 is 14.2. The van der Waals surface area contributed by atoms with E-state index in [0.717, 1.165) is 80.0 Å². The van der Waals surface area contributed by atoms with Crippen LogP contribution in [0.3, 0.4) is 0 Å². The first-order valence-corrected chi connectivity index (χ1v) is 17.2. The van der Waals surface area contributed by atoms with Crippen LogP contribution >= 0.6 is 31.9 Å². The molecule has 0 saturated carbocycles. The number of unbranched alkanes of at least 4 members (excludes halogenated alkanes) is 2. The van der Waals surface area contributed by atoms with Gasteiger partial charge in [-0.1, -0.05) is 66.2 Å². The Balaban J connectivity index is 1.61. The average Bonchev–Trinajstić information content (AvgIpc) is 3.03. The predicted molar refractivity (Wildman–Crippen MR) is 183 cm³/mol. The van der Waals surface area contributed by atoms with E-state index in [4.69, 9.17) is 19.4 Å². The lowest BCUT2D eigenvalue weighted by atomic mass is 10.0. The number of ether oxygens (including phenoxy) is 2. The molecule has 2 atom stereocenters. The highest BCUT2D eigenvalue weighted by Crippen LogP contribution is 2.36. The lowest BCUT2D eigenvalue weighted by molar-refractivity contribution is 0.233. The van der Waals surface area contributed by atoms with Crippen LogP contribution in [0.25, 0.3) is 33.5 Å². The van der Waals surface area contributed by atoms with E-state index in [9.17, 15) is 0 Å². The third kappa shape index (κ3) is 8.57. The van der Waals surface area contributed by atoms with E-state index in [1.54, 1.807) is 0 Å². The largest absolute Gasteiger partial charge is 0.493 e. The molecule has 4 rings (SSSR count). The summed E-state index contributed by atoms with van der Waals surface area (Å²) in [5.41, 5.74) is 5.31. The fraction of sp³-hybridized carbons (Fsp3) is 0.444. The molecule has 0 aliphatic carbocycles. The number of benzene rings is 3. The van der Waals surface area contributed by atoms with Crippen molar-refractivity contribution in [1.29, 1.82) is 0 Å². The highest BCUT2D eigenvalue weighted by Gasteiger charge is 2.17. The number of hydrogen-bond donors (Lipinski definition) is 0. The molecule has 1 aromatic heterocycles. The molecule has 0 N–H and O–H groups in total. The Bertz CT molecular complexity index is 1300. The number of nitrogens with zero attached hydrogens (tertiary/aromatic N) is 2. The van der Waals surface area contributed by atoms with Crippen molar-refractivity contribution >= 4 is 42.9 Å². The van der Waals surface area contributed by atoms with Crippen molar-refractivity contribution in [3.63, 3.8) is 0 Å². The van der Waals surface area contributed by atoms with Gasteiger partial charge in [-0.2, -0.15) is 0 Å². The quantitative estimate of drug-likeness (QED) is 0.117. The maximum Gasteiger partial charge on any atom is 0.119 e. The van der Waals surface area contributed by atoms with Gasteiger partial charge in [-0.25, -0.2) is 9.97 Å². The first-order valence-electron chi connectivity index (χ1n) is 15.6. The lowest BCUT2D eigenvalue weighted by Gasteiger charge is -2.17. The molecule has 0 fully saturated rings. The molecule has 1 heterocycles. The van der Waals surface area contributed by atoms with Crippen LogP contribution < -0.4 is 9.47 Å². The van der Waals surface area contributed by atoms with Gasteiger partial charge >= 0.3 is 0 Å². The molecule has 0 aliphatic rings. The van der Waals surface area contributed by atoms with Crippen molar-refractivity contribution in [3.05, 3.63) is 69.6 Å². The average molecular weight is 697 g/mol. The van der Waals surface area contributed by atoms with Gasteiger partial charge in [-0.05, 0) is 117 Å². The smallest absolute Gasteiger partial charge is 0.119 e. The van der Waals surface area contributed by atoms with Crippen molar-refractivity contribution in [3.8, 4) is 34.0 Å². The number of fused-ring (bicyclic) bond motifs is 1. The Hall–Kier alpha value is -2.44. The summed E-state index contributed by atoms with van der Waals surface area (Å²) in [6.07, 6.45) is 9.66. The maximum absolute atomic E-state index is 6.19. The van der Waals surface area contributed by atoms with Crippen molar-refractivity contribution in [1.82, 2.24) is 9.97 Å². The molecule has 224 valence electrons. The summed E-state index contributed by atoms with van der Waals surface area (Å²) in [6.45, 7) is 10.5. The summed E-state index contributed by atoms with van der Waals surface area (Å²) in [5.74, 6) is 2.96. The van der Waals surface area contributed by atoms with E-state index in [1.807, 2.05) is 36.4 Å². The zero-order valence-corrected chi connectivity index (χ0v) is 28.6. The van der Waals surface area contributed by atoms with Gasteiger partial charge in [-0.15, -0.1) is 0 Å². The molecule has 0 saturated heterocycles. The molecule has 0 amide bonds. The summed E-state index contributed by atoms with van der Waals surface area (Å²) in [5, 5.41) is 0. The molecule has 4 aromatic rings. The minimum Gasteiger partial charge on any atom is -0.493 e. The second-order valence-electron chi connectivity index (χ2n) is 11.2. The molecule has 0 spiro atoms. The van der Waals surface area contributed by atoms with Gasteiger partial charge in [0.1, 0.15) is 22.5 Å². The summed E-state index contributed by atoms with van der Waals surface area (Å²) in [4.78, 5) is 10.3. The van der Waals surface area contributed by atoms with Crippen LogP contribution in [0.4, 0.5) is 0 Å². The predicted octanol–water partition coefficient (Wildman–Crippen LogP) is 11.7. The normalized spacial score (nSPS) is 12.8. The Kier molecular flexibility index (Phi) is 12.7. The highest BCUT2D eigenvalue weighted by molar-refractivity contribution is 9.11. The Labute approximate surface area is 268 Å². The fourth-order valence-electron chi connectivity index (χ4n) is 5.12. The third-order valence-electron chi connectivity index (χ3n) is 8.04. The second kappa shape index (κ2) is 16.4. The first-order chi connectivity index (χ1) is 20.5. The van der Waals surface area contributed by atoms with Gasteiger partial charge in [0, 0.05) is 20.1 Å². The van der Waals surface area contributed by atoms with Crippen molar-refractivity contribution < 1.29 is 9.47 Å². The van der Waals surface area contributed by atoms with Crippen LogP contribution in [0.1, 0.15) is 79.1 Å². The second-order valence-corrected chi connectivity index (χ2v) is 12.9. The summed E-state index contributed by atoms with van der Waals surface area (Å²) in [6, 6.07) is 20.6. The lowest BCUT2D eigenvalue weighted by Crippen LogP contribution is -2.11. The Morgan fingerprint density at radius 1 is 0.571 bits per heavy atom. The molecule has 0 aliphatic heterocycles. The zero-order valence-electron chi connectivity index (χ0n) is 25.5. The van der Waals surface area contributed by atoms with Gasteiger partial charge in [0.15, 0.2) is 0 Å².